The van der Waals surface area contributed by atoms with Crippen molar-refractivity contribution in [2.75, 3.05) is 13.2 Å². The van der Waals surface area contributed by atoms with Crippen LogP contribution in [0, 0.1) is 22.7 Å². The van der Waals surface area contributed by atoms with Gasteiger partial charge in [0.2, 0.25) is 0 Å². The van der Waals surface area contributed by atoms with Crippen LogP contribution < -0.4 is 9.47 Å². The Morgan fingerprint density at radius 2 is 0.793 bits per heavy atom. The van der Waals surface area contributed by atoms with Crippen LogP contribution in [0.25, 0.3) is 56.7 Å². The minimum absolute atomic E-state index is 0.515. The van der Waals surface area contributed by atoms with Crippen LogP contribution in [0.1, 0.15) is 87.5 Å². The lowest BCUT2D eigenvalue weighted by Gasteiger charge is -2.16. The Balaban J connectivity index is 1.37. The maximum Gasteiger partial charge on any atom is 0.127 e. The number of nitrogens with zero attached hydrogens (tertiary/aromatic N) is 2. The van der Waals surface area contributed by atoms with Gasteiger partial charge in [-0.25, -0.2) is 0 Å². The van der Waals surface area contributed by atoms with E-state index in [1.165, 1.54) is 0 Å². The highest BCUT2D eigenvalue weighted by Crippen LogP contribution is 2.37. The predicted octanol–water partition coefficient (Wildman–Crippen LogP) is 14.7. The molecule has 0 saturated carbocycles. The van der Waals surface area contributed by atoms with Crippen molar-refractivity contribution in [3.05, 3.63) is 168 Å². The molecule has 0 aliphatic carbocycles. The molecule has 6 rings (SSSR count). The van der Waals surface area contributed by atoms with Crippen molar-refractivity contribution < 1.29 is 9.47 Å². The van der Waals surface area contributed by atoms with Gasteiger partial charge in [0.25, 0.3) is 0 Å². The summed E-state index contributed by atoms with van der Waals surface area (Å²) in [6, 6.07) is 54.2. The van der Waals surface area contributed by atoms with Crippen LogP contribution >= 0.6 is 0 Å². The van der Waals surface area contributed by atoms with E-state index in [0.29, 0.717) is 35.9 Å². The average Bonchev–Trinajstić information content (AvgIpc) is 3.28. The van der Waals surface area contributed by atoms with Crippen LogP contribution in [0.3, 0.4) is 0 Å². The zero-order chi connectivity index (χ0) is 40.4. The van der Waals surface area contributed by atoms with Crippen molar-refractivity contribution in [3.8, 4) is 57.0 Å². The maximum absolute atomic E-state index is 10.6. The summed E-state index contributed by atoms with van der Waals surface area (Å²) in [4.78, 5) is 0. The monoisotopic (exact) mass is 760 g/mol. The first-order valence-corrected chi connectivity index (χ1v) is 20.7. The summed E-state index contributed by atoms with van der Waals surface area (Å²) in [5.74, 6) is 1.36. The van der Waals surface area contributed by atoms with E-state index in [1.54, 1.807) is 0 Å². The first-order valence-electron chi connectivity index (χ1n) is 20.7. The summed E-state index contributed by atoms with van der Waals surface area (Å²) in [5.41, 5.74) is 10.7. The van der Waals surface area contributed by atoms with Crippen molar-refractivity contribution in [1.82, 2.24) is 0 Å². The van der Waals surface area contributed by atoms with E-state index in [4.69, 9.17) is 9.47 Å². The van der Waals surface area contributed by atoms with E-state index in [0.717, 1.165) is 107 Å². The fourth-order valence-corrected chi connectivity index (χ4v) is 6.99. The van der Waals surface area contributed by atoms with Crippen molar-refractivity contribution >= 4 is 23.3 Å². The van der Waals surface area contributed by atoms with Crippen molar-refractivity contribution in [2.24, 2.45) is 0 Å². The molecule has 0 spiro atoms. The smallest absolute Gasteiger partial charge is 0.127 e. The highest BCUT2D eigenvalue weighted by atomic mass is 16.5. The van der Waals surface area contributed by atoms with Crippen LogP contribution in [-0.4, -0.2) is 13.2 Å². The highest BCUT2D eigenvalue weighted by molar-refractivity contribution is 5.95. The first-order chi connectivity index (χ1) is 28.6. The quantitative estimate of drug-likeness (QED) is 0.0468. The van der Waals surface area contributed by atoms with Crippen molar-refractivity contribution in [1.29, 1.82) is 10.5 Å². The van der Waals surface area contributed by atoms with E-state index in [9.17, 15) is 10.5 Å². The van der Waals surface area contributed by atoms with Gasteiger partial charge in [-0.05, 0) is 93.8 Å². The molecule has 0 aromatic heterocycles. The summed E-state index contributed by atoms with van der Waals surface area (Å²) < 4.78 is 12.8. The van der Waals surface area contributed by atoms with Gasteiger partial charge in [0, 0.05) is 11.1 Å². The van der Waals surface area contributed by atoms with Gasteiger partial charge in [-0.15, -0.1) is 0 Å². The van der Waals surface area contributed by atoms with Gasteiger partial charge in [0.15, 0.2) is 0 Å². The lowest BCUT2D eigenvalue weighted by molar-refractivity contribution is 0.304. The first kappa shape index (κ1) is 41.0. The Bertz CT molecular complexity index is 2190. The fraction of sp³-hybridized carbons (Fsp3) is 0.222. The number of unbranched alkanes of at least 4 members (excludes halogenated alkanes) is 6. The molecule has 0 radical (unpaired) electrons. The van der Waals surface area contributed by atoms with Crippen LogP contribution in [0.5, 0.6) is 11.5 Å². The second kappa shape index (κ2) is 21.6. The fourth-order valence-electron chi connectivity index (χ4n) is 6.99. The second-order valence-corrected chi connectivity index (χ2v) is 14.6. The van der Waals surface area contributed by atoms with Gasteiger partial charge >= 0.3 is 0 Å². The van der Waals surface area contributed by atoms with E-state index >= 15 is 0 Å². The average molecular weight is 761 g/mol. The molecule has 4 heteroatoms. The topological polar surface area (TPSA) is 66.0 Å². The molecule has 0 N–H and O–H groups in total. The van der Waals surface area contributed by atoms with Crippen LogP contribution in [0.15, 0.2) is 146 Å². The van der Waals surface area contributed by atoms with Gasteiger partial charge < -0.3 is 9.47 Å². The molecule has 4 nitrogen and oxygen atoms in total. The van der Waals surface area contributed by atoms with Gasteiger partial charge in [-0.2, -0.15) is 10.5 Å². The number of benzene rings is 6. The normalized spacial score (nSPS) is 11.4. The second-order valence-electron chi connectivity index (χ2n) is 14.6. The number of ether oxygens (including phenoxy) is 2. The summed E-state index contributed by atoms with van der Waals surface area (Å²) in [7, 11) is 0. The molecule has 0 amide bonds. The summed E-state index contributed by atoms with van der Waals surface area (Å²) in [6.45, 7) is 5.55. The molecule has 6 aromatic rings. The number of allylic oxidation sites excluding steroid dienone is 2. The van der Waals surface area contributed by atoms with E-state index < -0.39 is 0 Å². The molecule has 290 valence electrons. The number of nitriles is 2. The molecule has 0 fully saturated rings. The third-order valence-corrected chi connectivity index (χ3v) is 10.3. The lowest BCUT2D eigenvalue weighted by atomic mass is 9.94. The van der Waals surface area contributed by atoms with Crippen LogP contribution in [0.4, 0.5) is 0 Å². The van der Waals surface area contributed by atoms with E-state index in [1.807, 2.05) is 109 Å². The summed E-state index contributed by atoms with van der Waals surface area (Å²) in [6.07, 6.45) is 12.6. The molecular formula is C54H52N2O2. The maximum atomic E-state index is 10.6. The molecule has 58 heavy (non-hydrogen) atoms. The standard InChI is InChI=1S/C54H52N2O2/c1-3-5-7-15-33-57-53-31-29-47(37-51(53)49(39-55)35-41-21-25-45(26-22-41)43-17-11-9-12-18-43)48-30-32-54(58-34-16-8-6-4-2)52(38-48)50(40-56)36-42-23-27-46(28-24-42)44-19-13-10-14-20-44/h9-14,17-32,35-38H,3-8,15-16,33-34H2,1-2H3/b49-35-,50-36-. The third kappa shape index (κ3) is 11.2. The summed E-state index contributed by atoms with van der Waals surface area (Å²) >= 11 is 0. The third-order valence-electron chi connectivity index (χ3n) is 10.3. The van der Waals surface area contributed by atoms with Gasteiger partial charge in [0.05, 0.1) is 36.5 Å². The molecule has 0 bridgehead atoms. The minimum Gasteiger partial charge on any atom is -0.493 e. The molecule has 0 atom stereocenters. The number of hydrogen-bond acceptors (Lipinski definition) is 4. The Labute approximate surface area is 345 Å². The Hall–Kier alpha value is -6.62. The molecule has 6 aromatic carbocycles. The highest BCUT2D eigenvalue weighted by Gasteiger charge is 2.16. The number of rotatable bonds is 19. The molecule has 0 unspecified atom stereocenters. The Morgan fingerprint density at radius 1 is 0.431 bits per heavy atom. The molecule has 0 heterocycles. The van der Waals surface area contributed by atoms with Gasteiger partial charge in [0.1, 0.15) is 11.5 Å². The molecule has 0 saturated heterocycles. The van der Waals surface area contributed by atoms with Crippen LogP contribution in [0.2, 0.25) is 0 Å². The molecular weight excluding hydrogens is 709 g/mol. The lowest BCUT2D eigenvalue weighted by Crippen LogP contribution is -2.01. The van der Waals surface area contributed by atoms with Crippen LogP contribution in [-0.2, 0) is 0 Å². The number of hydrogen-bond donors (Lipinski definition) is 0. The van der Waals surface area contributed by atoms with E-state index in [2.05, 4.69) is 74.5 Å². The minimum atomic E-state index is 0.515. The Morgan fingerprint density at radius 3 is 1.16 bits per heavy atom. The zero-order valence-corrected chi connectivity index (χ0v) is 33.8. The van der Waals surface area contributed by atoms with Gasteiger partial charge in [-0.3, -0.25) is 0 Å². The zero-order valence-electron chi connectivity index (χ0n) is 33.8. The Kier molecular flexibility index (Phi) is 15.3. The molecule has 0 aliphatic rings. The largest absolute Gasteiger partial charge is 0.493 e. The molecule has 0 aliphatic heterocycles. The SMILES string of the molecule is CCCCCCOc1ccc(-c2ccc(OCCCCCC)c(/C(C#N)=C\c3ccc(-c4ccccc4)cc3)c2)cc1/C(C#N)=C\c1ccc(-c2ccccc2)cc1. The summed E-state index contributed by atoms with van der Waals surface area (Å²) in [5, 5.41) is 21.2. The van der Waals surface area contributed by atoms with Crippen molar-refractivity contribution in [3.63, 3.8) is 0 Å². The predicted molar refractivity (Wildman–Crippen MR) is 242 cm³/mol. The van der Waals surface area contributed by atoms with Crippen molar-refractivity contribution in [2.45, 2.75) is 65.2 Å². The van der Waals surface area contributed by atoms with E-state index in [-0.39, 0.29) is 0 Å². The van der Waals surface area contributed by atoms with Gasteiger partial charge in [-0.1, -0.05) is 174 Å².